The number of carbonyl (C=O) groups excluding carboxylic acids is 2. The van der Waals surface area contributed by atoms with Crippen molar-refractivity contribution in [1.29, 1.82) is 0 Å². The first-order valence-electron chi connectivity index (χ1n) is 10.1. The van der Waals surface area contributed by atoms with Crippen LogP contribution in [0, 0.1) is 17.0 Å². The molecule has 0 bridgehead atoms. The Morgan fingerprint density at radius 2 is 1.87 bits per heavy atom. The summed E-state index contributed by atoms with van der Waals surface area (Å²) >= 11 is 0. The number of furan rings is 1. The summed E-state index contributed by atoms with van der Waals surface area (Å²) in [6.07, 6.45) is 1.51. The topological polar surface area (TPSA) is 100 Å². The zero-order valence-electron chi connectivity index (χ0n) is 16.9. The molecule has 0 aliphatic carbocycles. The van der Waals surface area contributed by atoms with Crippen molar-refractivity contribution in [2.45, 2.75) is 19.8 Å². The van der Waals surface area contributed by atoms with Crippen molar-refractivity contribution in [2.24, 2.45) is 0 Å². The van der Waals surface area contributed by atoms with Crippen molar-refractivity contribution < 1.29 is 18.9 Å². The summed E-state index contributed by atoms with van der Waals surface area (Å²) in [4.78, 5) is 41.6. The Balaban J connectivity index is 1.36. The van der Waals surface area contributed by atoms with Gasteiger partial charge in [-0.1, -0.05) is 0 Å². The molecule has 30 heavy (non-hydrogen) atoms. The Morgan fingerprint density at radius 1 is 1.10 bits per heavy atom. The highest BCUT2D eigenvalue weighted by Gasteiger charge is 2.28. The van der Waals surface area contributed by atoms with E-state index in [2.05, 4.69) is 0 Å². The van der Waals surface area contributed by atoms with Crippen LogP contribution >= 0.6 is 0 Å². The average molecular weight is 412 g/mol. The van der Waals surface area contributed by atoms with E-state index in [0.29, 0.717) is 44.2 Å². The molecule has 0 radical (unpaired) electrons. The number of hydrogen-bond acceptors (Lipinski definition) is 6. The van der Waals surface area contributed by atoms with Gasteiger partial charge in [-0.3, -0.25) is 24.6 Å². The largest absolute Gasteiger partial charge is 0.456 e. The number of benzene rings is 1. The van der Waals surface area contributed by atoms with Gasteiger partial charge < -0.3 is 14.2 Å². The highest BCUT2D eigenvalue weighted by atomic mass is 16.6. The number of hydrogen-bond donors (Lipinski definition) is 0. The number of rotatable bonds is 4. The van der Waals surface area contributed by atoms with E-state index in [1.165, 1.54) is 6.07 Å². The summed E-state index contributed by atoms with van der Waals surface area (Å²) in [5, 5.41) is 11.0. The van der Waals surface area contributed by atoms with Crippen LogP contribution < -0.4 is 4.90 Å². The molecule has 3 heterocycles. The van der Waals surface area contributed by atoms with E-state index >= 15 is 0 Å². The molecule has 1 saturated heterocycles. The summed E-state index contributed by atoms with van der Waals surface area (Å²) in [6, 6.07) is 8.14. The van der Waals surface area contributed by atoms with Crippen molar-refractivity contribution in [3.05, 3.63) is 57.5 Å². The van der Waals surface area contributed by atoms with Crippen LogP contribution in [0.25, 0.3) is 0 Å². The van der Waals surface area contributed by atoms with Gasteiger partial charge in [-0.25, -0.2) is 0 Å². The lowest BCUT2D eigenvalue weighted by molar-refractivity contribution is -0.384. The molecule has 0 unspecified atom stereocenters. The maximum Gasteiger partial charge on any atom is 0.289 e. The first-order valence-corrected chi connectivity index (χ1v) is 10.1. The highest BCUT2D eigenvalue weighted by molar-refractivity contribution is 5.96. The second-order valence-electron chi connectivity index (χ2n) is 7.70. The molecule has 2 aliphatic heterocycles. The number of aryl methyl sites for hydroxylation is 2. The molecule has 9 nitrogen and oxygen atoms in total. The summed E-state index contributed by atoms with van der Waals surface area (Å²) < 4.78 is 5.42. The van der Waals surface area contributed by atoms with Gasteiger partial charge >= 0.3 is 0 Å². The lowest BCUT2D eigenvalue weighted by atomic mass is 10.0. The highest BCUT2D eigenvalue weighted by Crippen LogP contribution is 2.30. The fourth-order valence-electron chi connectivity index (χ4n) is 4.05. The first-order chi connectivity index (χ1) is 14.4. The number of non-ortho nitro benzene ring substituents is 1. The zero-order valence-corrected chi connectivity index (χ0v) is 16.9. The van der Waals surface area contributed by atoms with Crippen molar-refractivity contribution >= 4 is 23.2 Å². The lowest BCUT2D eigenvalue weighted by Gasteiger charge is -2.36. The van der Waals surface area contributed by atoms with Crippen molar-refractivity contribution in [3.63, 3.8) is 0 Å². The van der Waals surface area contributed by atoms with Gasteiger partial charge in [0.15, 0.2) is 5.76 Å². The molecule has 0 atom stereocenters. The second-order valence-corrected chi connectivity index (χ2v) is 7.70. The molecule has 2 aromatic rings. The maximum atomic E-state index is 12.9. The Kier molecular flexibility index (Phi) is 5.54. The molecule has 4 rings (SSSR count). The van der Waals surface area contributed by atoms with Gasteiger partial charge in [0.2, 0.25) is 5.91 Å². The van der Waals surface area contributed by atoms with Crippen molar-refractivity contribution in [3.8, 4) is 0 Å². The normalized spacial score (nSPS) is 17.0. The Morgan fingerprint density at radius 3 is 2.53 bits per heavy atom. The van der Waals surface area contributed by atoms with Gasteiger partial charge in [-0.15, -0.1) is 0 Å². The van der Waals surface area contributed by atoms with Crippen LogP contribution in [-0.2, 0) is 11.2 Å². The van der Waals surface area contributed by atoms with E-state index in [-0.39, 0.29) is 24.0 Å². The van der Waals surface area contributed by atoms with E-state index in [1.807, 2.05) is 4.90 Å². The molecule has 2 amide bonds. The smallest absolute Gasteiger partial charge is 0.289 e. The third-order valence-corrected chi connectivity index (χ3v) is 5.66. The lowest BCUT2D eigenvalue weighted by Crippen LogP contribution is -2.52. The monoisotopic (exact) mass is 412 g/mol. The maximum absolute atomic E-state index is 12.9. The van der Waals surface area contributed by atoms with Crippen LogP contribution in [0.3, 0.4) is 0 Å². The number of anilines is 1. The van der Waals surface area contributed by atoms with E-state index in [9.17, 15) is 19.7 Å². The molecule has 0 N–H and O–H groups in total. The molecule has 158 valence electrons. The van der Waals surface area contributed by atoms with Gasteiger partial charge in [0.25, 0.3) is 11.6 Å². The summed E-state index contributed by atoms with van der Waals surface area (Å²) in [5.74, 6) is 0.901. The van der Waals surface area contributed by atoms with Gasteiger partial charge in [-0.05, 0) is 43.5 Å². The molecular formula is C21H24N4O5. The van der Waals surface area contributed by atoms with E-state index < -0.39 is 4.92 Å². The van der Waals surface area contributed by atoms with Crippen molar-refractivity contribution in [1.82, 2.24) is 9.80 Å². The fraction of sp³-hybridized carbons (Fsp3) is 0.429. The zero-order chi connectivity index (χ0) is 21.3. The second kappa shape index (κ2) is 8.27. The number of nitro benzene ring substituents is 1. The predicted octanol–water partition coefficient (Wildman–Crippen LogP) is 2.23. The first kappa shape index (κ1) is 20.1. The van der Waals surface area contributed by atoms with Gasteiger partial charge in [-0.2, -0.15) is 0 Å². The quantitative estimate of drug-likeness (QED) is 0.564. The number of nitrogens with zero attached hydrogens (tertiary/aromatic N) is 4. The van der Waals surface area contributed by atoms with E-state index in [1.54, 1.807) is 41.0 Å². The number of nitro groups is 1. The SMILES string of the molecule is Cc1ccc(C(=O)N2CCN(CC(=O)N3CCCc4cc([N+](=O)[O-])ccc43)CC2)o1. The Labute approximate surface area is 174 Å². The molecule has 0 saturated carbocycles. The number of carbonyl (C=O) groups is 2. The summed E-state index contributed by atoms with van der Waals surface area (Å²) in [7, 11) is 0. The third kappa shape index (κ3) is 4.06. The van der Waals surface area contributed by atoms with Crippen LogP contribution in [0.5, 0.6) is 0 Å². The Hall–Kier alpha value is -3.20. The Bertz CT molecular complexity index is 978. The predicted molar refractivity (Wildman–Crippen MR) is 110 cm³/mol. The molecular weight excluding hydrogens is 388 g/mol. The van der Waals surface area contributed by atoms with Crippen LogP contribution in [-0.4, -0.2) is 65.8 Å². The van der Waals surface area contributed by atoms with Crippen LogP contribution in [0.4, 0.5) is 11.4 Å². The summed E-state index contributed by atoms with van der Waals surface area (Å²) in [5.41, 5.74) is 1.65. The molecule has 1 aromatic heterocycles. The third-order valence-electron chi connectivity index (χ3n) is 5.66. The molecule has 1 fully saturated rings. The standard InChI is InChI=1S/C21H24N4O5/c1-15-4-7-19(30-15)21(27)23-11-9-22(10-12-23)14-20(26)24-8-2-3-16-13-17(25(28)29)5-6-18(16)24/h4-7,13H,2-3,8-12,14H2,1H3. The molecule has 9 heteroatoms. The molecule has 2 aliphatic rings. The van der Waals surface area contributed by atoms with Crippen molar-refractivity contribution in [2.75, 3.05) is 44.2 Å². The minimum atomic E-state index is -0.411. The van der Waals surface area contributed by atoms with Gasteiger partial charge in [0.1, 0.15) is 5.76 Å². The van der Waals surface area contributed by atoms with Crippen LogP contribution in [0.15, 0.2) is 34.7 Å². The minimum absolute atomic E-state index is 0.0220. The van der Waals surface area contributed by atoms with E-state index in [0.717, 1.165) is 24.1 Å². The van der Waals surface area contributed by atoms with Crippen LogP contribution in [0.2, 0.25) is 0 Å². The number of amides is 2. The fourth-order valence-corrected chi connectivity index (χ4v) is 4.05. The average Bonchev–Trinajstić information content (AvgIpc) is 3.19. The molecule has 1 aromatic carbocycles. The molecule has 0 spiro atoms. The number of fused-ring (bicyclic) bond motifs is 1. The van der Waals surface area contributed by atoms with Crippen LogP contribution in [0.1, 0.15) is 28.3 Å². The summed E-state index contributed by atoms with van der Waals surface area (Å²) in [6.45, 7) is 4.97. The van der Waals surface area contributed by atoms with Gasteiger partial charge in [0, 0.05) is 50.5 Å². The van der Waals surface area contributed by atoms with Gasteiger partial charge in [0.05, 0.1) is 11.5 Å². The van der Waals surface area contributed by atoms with E-state index in [4.69, 9.17) is 4.42 Å². The number of piperazine rings is 1. The minimum Gasteiger partial charge on any atom is -0.456 e.